The Morgan fingerprint density at radius 2 is 2.06 bits per heavy atom. The van der Waals surface area contributed by atoms with Crippen LogP contribution >= 0.6 is 0 Å². The summed E-state index contributed by atoms with van der Waals surface area (Å²) in [6.45, 7) is 5.98. The Labute approximate surface area is 183 Å². The lowest BCUT2D eigenvalue weighted by Crippen LogP contribution is -2.48. The van der Waals surface area contributed by atoms with Crippen molar-refractivity contribution in [3.8, 4) is 5.75 Å². The SMILES string of the molecule is C=CCOCC(O)C[N+](C)(C)CCCN1C(=O)c2cccc3c(OC)ccc(c23)C1O. The van der Waals surface area contributed by atoms with E-state index in [9.17, 15) is 15.0 Å². The predicted molar refractivity (Wildman–Crippen MR) is 120 cm³/mol. The molecule has 168 valence electrons. The number of benzene rings is 2. The Bertz CT molecular complexity index is 943. The zero-order valence-corrected chi connectivity index (χ0v) is 18.6. The summed E-state index contributed by atoms with van der Waals surface area (Å²) in [4.78, 5) is 14.7. The summed E-state index contributed by atoms with van der Waals surface area (Å²) in [5, 5.41) is 22.7. The molecule has 31 heavy (non-hydrogen) atoms. The van der Waals surface area contributed by atoms with Crippen molar-refractivity contribution in [1.82, 2.24) is 4.90 Å². The van der Waals surface area contributed by atoms with E-state index in [4.69, 9.17) is 9.47 Å². The van der Waals surface area contributed by atoms with Crippen LogP contribution in [0.15, 0.2) is 43.0 Å². The maximum atomic E-state index is 13.1. The third kappa shape index (κ3) is 5.07. The van der Waals surface area contributed by atoms with E-state index in [-0.39, 0.29) is 12.5 Å². The van der Waals surface area contributed by atoms with Crippen LogP contribution in [0.2, 0.25) is 0 Å². The molecule has 2 aromatic carbocycles. The van der Waals surface area contributed by atoms with E-state index in [0.717, 1.165) is 22.9 Å². The number of carbonyl (C=O) groups is 1. The second-order valence-electron chi connectivity index (χ2n) is 8.63. The molecule has 2 N–H and O–H groups in total. The third-order valence-electron chi connectivity index (χ3n) is 5.73. The molecule has 0 spiro atoms. The van der Waals surface area contributed by atoms with Crippen molar-refractivity contribution in [2.45, 2.75) is 18.8 Å². The zero-order chi connectivity index (χ0) is 22.6. The van der Waals surface area contributed by atoms with Crippen molar-refractivity contribution in [3.63, 3.8) is 0 Å². The van der Waals surface area contributed by atoms with Gasteiger partial charge in [0, 0.05) is 34.9 Å². The van der Waals surface area contributed by atoms with E-state index in [2.05, 4.69) is 6.58 Å². The highest BCUT2D eigenvalue weighted by molar-refractivity contribution is 6.11. The van der Waals surface area contributed by atoms with Gasteiger partial charge >= 0.3 is 0 Å². The molecule has 0 fully saturated rings. The van der Waals surface area contributed by atoms with Gasteiger partial charge in [-0.05, 0) is 12.1 Å². The average molecular weight is 430 g/mol. The third-order valence-corrected chi connectivity index (χ3v) is 5.73. The maximum Gasteiger partial charge on any atom is 0.256 e. The lowest BCUT2D eigenvalue weighted by molar-refractivity contribution is -0.893. The molecule has 0 saturated carbocycles. The van der Waals surface area contributed by atoms with E-state index in [1.165, 1.54) is 4.90 Å². The van der Waals surface area contributed by atoms with Gasteiger partial charge in [-0.2, -0.15) is 0 Å². The maximum absolute atomic E-state index is 13.1. The van der Waals surface area contributed by atoms with E-state index >= 15 is 0 Å². The van der Waals surface area contributed by atoms with Crippen LogP contribution < -0.4 is 4.74 Å². The van der Waals surface area contributed by atoms with E-state index in [1.54, 1.807) is 19.3 Å². The van der Waals surface area contributed by atoms with Gasteiger partial charge in [0.15, 0.2) is 6.23 Å². The van der Waals surface area contributed by atoms with Crippen molar-refractivity contribution in [3.05, 3.63) is 54.1 Å². The van der Waals surface area contributed by atoms with Gasteiger partial charge in [-0.3, -0.25) is 4.79 Å². The number of hydrogen-bond donors (Lipinski definition) is 2. The van der Waals surface area contributed by atoms with Crippen LogP contribution in [0, 0.1) is 0 Å². The molecule has 7 nitrogen and oxygen atoms in total. The molecule has 2 atom stereocenters. The quantitative estimate of drug-likeness (QED) is 0.326. The first-order chi connectivity index (χ1) is 14.8. The molecule has 0 aromatic heterocycles. The number of ether oxygens (including phenoxy) is 2. The first-order valence-corrected chi connectivity index (χ1v) is 10.6. The van der Waals surface area contributed by atoms with Crippen LogP contribution in [0.1, 0.15) is 28.6 Å². The summed E-state index contributed by atoms with van der Waals surface area (Å²) in [5.74, 6) is 0.505. The fraction of sp³-hybridized carbons (Fsp3) is 0.458. The Hall–Kier alpha value is -2.45. The standard InChI is InChI=1S/C24H33N2O5/c1-5-14-31-16-17(27)15-26(2,3)13-7-12-25-23(28)19-9-6-8-18-21(30-4)11-10-20(22(18)19)24(25)29/h5-6,8-11,17,24,27,29H,1,7,12-16H2,2-4H3/q+1. The molecular formula is C24H33N2O5+. The summed E-state index contributed by atoms with van der Waals surface area (Å²) in [5.41, 5.74) is 1.30. The number of amides is 1. The largest absolute Gasteiger partial charge is 0.496 e. The van der Waals surface area contributed by atoms with E-state index in [0.29, 0.717) is 41.9 Å². The number of methoxy groups -OCH3 is 1. The van der Waals surface area contributed by atoms with Crippen LogP contribution in [0.25, 0.3) is 10.8 Å². The highest BCUT2D eigenvalue weighted by atomic mass is 16.5. The van der Waals surface area contributed by atoms with Gasteiger partial charge in [0.1, 0.15) is 18.4 Å². The molecule has 1 heterocycles. The van der Waals surface area contributed by atoms with E-state index in [1.807, 2.05) is 38.4 Å². The smallest absolute Gasteiger partial charge is 0.256 e. The predicted octanol–water partition coefficient (Wildman–Crippen LogP) is 2.33. The molecule has 7 heteroatoms. The lowest BCUT2D eigenvalue weighted by Gasteiger charge is -2.36. The molecule has 1 aliphatic rings. The minimum Gasteiger partial charge on any atom is -0.496 e. The highest BCUT2D eigenvalue weighted by Crippen LogP contribution is 2.39. The topological polar surface area (TPSA) is 79.2 Å². The van der Waals surface area contributed by atoms with Gasteiger partial charge in [-0.15, -0.1) is 6.58 Å². The van der Waals surface area contributed by atoms with Crippen LogP contribution in [0.3, 0.4) is 0 Å². The van der Waals surface area contributed by atoms with Crippen molar-refractivity contribution >= 4 is 16.7 Å². The average Bonchev–Trinajstić information content (AvgIpc) is 2.73. The molecule has 3 rings (SSSR count). The Balaban J connectivity index is 1.67. The van der Waals surface area contributed by atoms with Gasteiger partial charge in [0.25, 0.3) is 5.91 Å². The summed E-state index contributed by atoms with van der Waals surface area (Å²) < 4.78 is 11.3. The molecule has 2 unspecified atom stereocenters. The molecular weight excluding hydrogens is 396 g/mol. The molecule has 2 aromatic rings. The van der Waals surface area contributed by atoms with Crippen molar-refractivity contribution in [2.24, 2.45) is 0 Å². The molecule has 1 aliphatic heterocycles. The second kappa shape index (κ2) is 9.78. The number of aliphatic hydroxyl groups excluding tert-OH is 2. The van der Waals surface area contributed by atoms with Crippen molar-refractivity contribution in [2.75, 3.05) is 54.1 Å². The fourth-order valence-corrected chi connectivity index (χ4v) is 4.31. The molecule has 0 radical (unpaired) electrons. The lowest BCUT2D eigenvalue weighted by atomic mass is 9.92. The van der Waals surface area contributed by atoms with Crippen LogP contribution in [-0.2, 0) is 4.74 Å². The Morgan fingerprint density at radius 3 is 2.77 bits per heavy atom. The molecule has 0 aliphatic carbocycles. The highest BCUT2D eigenvalue weighted by Gasteiger charge is 2.33. The second-order valence-corrected chi connectivity index (χ2v) is 8.63. The van der Waals surface area contributed by atoms with Gasteiger partial charge in [-0.25, -0.2) is 0 Å². The Kier molecular flexibility index (Phi) is 7.33. The minimum atomic E-state index is -0.996. The number of aliphatic hydroxyl groups is 2. The number of hydrogen-bond acceptors (Lipinski definition) is 5. The van der Waals surface area contributed by atoms with Gasteiger partial charge < -0.3 is 29.1 Å². The zero-order valence-electron chi connectivity index (χ0n) is 18.6. The number of likely N-dealkylation sites (N-methyl/N-ethyl adjacent to an activating group) is 1. The van der Waals surface area contributed by atoms with Gasteiger partial charge in [0.05, 0.1) is 41.0 Å². The summed E-state index contributed by atoms with van der Waals surface area (Å²) in [6, 6.07) is 9.20. The summed E-state index contributed by atoms with van der Waals surface area (Å²) >= 11 is 0. The summed E-state index contributed by atoms with van der Waals surface area (Å²) in [6.07, 6.45) is 0.779. The first-order valence-electron chi connectivity index (χ1n) is 10.6. The number of carbonyl (C=O) groups excluding carboxylic acids is 1. The van der Waals surface area contributed by atoms with E-state index < -0.39 is 12.3 Å². The van der Waals surface area contributed by atoms with Crippen molar-refractivity contribution in [1.29, 1.82) is 0 Å². The van der Waals surface area contributed by atoms with Crippen LogP contribution in [0.4, 0.5) is 0 Å². The normalized spacial score (nSPS) is 17.1. The number of nitrogens with zero attached hydrogens (tertiary/aromatic N) is 2. The fourth-order valence-electron chi connectivity index (χ4n) is 4.31. The van der Waals surface area contributed by atoms with Crippen LogP contribution in [0.5, 0.6) is 5.75 Å². The first kappa shape index (κ1) is 23.2. The van der Waals surface area contributed by atoms with Crippen LogP contribution in [-0.4, -0.2) is 85.7 Å². The van der Waals surface area contributed by atoms with Gasteiger partial charge in [0.2, 0.25) is 0 Å². The van der Waals surface area contributed by atoms with Gasteiger partial charge in [-0.1, -0.05) is 24.3 Å². The summed E-state index contributed by atoms with van der Waals surface area (Å²) in [7, 11) is 5.67. The minimum absolute atomic E-state index is 0.179. The monoisotopic (exact) mass is 429 g/mol. The molecule has 0 saturated heterocycles. The Morgan fingerprint density at radius 1 is 1.29 bits per heavy atom. The molecule has 0 bridgehead atoms. The number of quaternary nitrogens is 1. The number of rotatable bonds is 11. The van der Waals surface area contributed by atoms with Crippen molar-refractivity contribution < 1.29 is 29.0 Å². The molecule has 1 amide bonds.